The molecule has 188 valence electrons. The van der Waals surface area contributed by atoms with Crippen LogP contribution in [0.5, 0.6) is 0 Å². The minimum Gasteiger partial charge on any atom is -0.458 e. The molecule has 0 aromatic heterocycles. The average molecular weight is 462 g/mol. The van der Waals surface area contributed by atoms with E-state index in [4.69, 9.17) is 29.4 Å². The molecule has 0 saturated carbocycles. The minimum atomic E-state index is -0.501. The number of carbonyl (C=O) groups is 2. The predicted molar refractivity (Wildman–Crippen MR) is 120 cm³/mol. The van der Waals surface area contributed by atoms with Crippen LogP contribution in [0, 0.1) is 0 Å². The molecular formula is C22H43N3O7. The molecule has 32 heavy (non-hydrogen) atoms. The zero-order valence-electron chi connectivity index (χ0n) is 20.1. The Kier molecular flexibility index (Phi) is 15.5. The monoisotopic (exact) mass is 461 g/mol. The third-order valence-electron chi connectivity index (χ3n) is 4.63. The molecule has 0 unspecified atom stereocenters. The van der Waals surface area contributed by atoms with E-state index in [9.17, 15) is 9.59 Å². The van der Waals surface area contributed by atoms with Gasteiger partial charge in [0.25, 0.3) is 0 Å². The van der Waals surface area contributed by atoms with Crippen molar-refractivity contribution < 1.29 is 33.3 Å². The Bertz CT molecular complexity index is 506. The summed E-state index contributed by atoms with van der Waals surface area (Å²) in [4.78, 5) is 27.7. The number of carbonyl (C=O) groups excluding carboxylic acids is 2. The number of nitrogens with two attached hydrogens (primary N) is 1. The Morgan fingerprint density at radius 2 is 1.34 bits per heavy atom. The lowest BCUT2D eigenvalue weighted by Crippen LogP contribution is -2.49. The molecule has 1 saturated heterocycles. The van der Waals surface area contributed by atoms with Gasteiger partial charge in [0.1, 0.15) is 12.2 Å². The van der Waals surface area contributed by atoms with Gasteiger partial charge in [0, 0.05) is 39.1 Å². The van der Waals surface area contributed by atoms with Crippen molar-refractivity contribution in [2.75, 3.05) is 92.1 Å². The molecule has 0 aromatic carbocycles. The number of piperazine rings is 1. The molecule has 0 bridgehead atoms. The minimum absolute atomic E-state index is 0.0724. The zero-order chi connectivity index (χ0) is 23.7. The number of hydrogen-bond donors (Lipinski definition) is 1. The van der Waals surface area contributed by atoms with Crippen LogP contribution in [-0.4, -0.2) is 119 Å². The number of esters is 1. The third-order valence-corrected chi connectivity index (χ3v) is 4.63. The maximum absolute atomic E-state index is 12.0. The maximum Gasteiger partial charge on any atom is 0.332 e. The molecule has 1 rings (SSSR count). The van der Waals surface area contributed by atoms with Crippen LogP contribution in [0.3, 0.4) is 0 Å². The fraction of sp³-hybridized carbons (Fsp3) is 0.909. The summed E-state index contributed by atoms with van der Waals surface area (Å²) < 4.78 is 26.8. The molecule has 1 fully saturated rings. The van der Waals surface area contributed by atoms with Crippen LogP contribution < -0.4 is 5.73 Å². The van der Waals surface area contributed by atoms with Gasteiger partial charge in [0.05, 0.1) is 46.2 Å². The smallest absolute Gasteiger partial charge is 0.332 e. The van der Waals surface area contributed by atoms with E-state index in [2.05, 4.69) is 4.90 Å². The molecular weight excluding hydrogens is 418 g/mol. The van der Waals surface area contributed by atoms with E-state index in [0.29, 0.717) is 59.2 Å². The van der Waals surface area contributed by atoms with E-state index in [0.717, 1.165) is 39.1 Å². The fourth-order valence-corrected chi connectivity index (χ4v) is 3.01. The van der Waals surface area contributed by atoms with Crippen LogP contribution in [-0.2, 0) is 33.3 Å². The van der Waals surface area contributed by atoms with Crippen molar-refractivity contribution >= 4 is 11.9 Å². The average Bonchev–Trinajstić information content (AvgIpc) is 2.74. The standard InChI is InChI=1S/C22H43N3O7/c1-22(2,3)32-21(27)19-31-18-17-30-16-15-29-14-13-28-12-11-24-7-9-25(10-8-24)20(26)5-4-6-23/h4-19,23H2,1-3H3. The van der Waals surface area contributed by atoms with E-state index in [1.165, 1.54) is 0 Å². The second-order valence-corrected chi connectivity index (χ2v) is 8.59. The largest absolute Gasteiger partial charge is 0.458 e. The molecule has 0 atom stereocenters. The van der Waals surface area contributed by atoms with Gasteiger partial charge in [0.15, 0.2) is 0 Å². The lowest BCUT2D eigenvalue weighted by molar-refractivity contribution is -0.160. The van der Waals surface area contributed by atoms with Gasteiger partial charge in [-0.2, -0.15) is 0 Å². The molecule has 0 spiro atoms. The van der Waals surface area contributed by atoms with E-state index in [-0.39, 0.29) is 18.5 Å². The van der Waals surface area contributed by atoms with E-state index < -0.39 is 5.60 Å². The number of amides is 1. The first-order valence-corrected chi connectivity index (χ1v) is 11.5. The Labute approximate surface area is 192 Å². The zero-order valence-corrected chi connectivity index (χ0v) is 20.1. The van der Waals surface area contributed by atoms with E-state index in [1.807, 2.05) is 25.7 Å². The number of hydrogen-bond acceptors (Lipinski definition) is 9. The van der Waals surface area contributed by atoms with Gasteiger partial charge < -0.3 is 34.3 Å². The highest BCUT2D eigenvalue weighted by Crippen LogP contribution is 2.07. The molecule has 0 radical (unpaired) electrons. The quantitative estimate of drug-likeness (QED) is 0.241. The van der Waals surface area contributed by atoms with Gasteiger partial charge in [-0.05, 0) is 33.7 Å². The Morgan fingerprint density at radius 3 is 1.88 bits per heavy atom. The predicted octanol–water partition coefficient (Wildman–Crippen LogP) is 0.278. The van der Waals surface area contributed by atoms with Crippen LogP contribution >= 0.6 is 0 Å². The summed E-state index contributed by atoms with van der Waals surface area (Å²) in [5, 5.41) is 0. The van der Waals surface area contributed by atoms with Crippen molar-refractivity contribution in [1.82, 2.24) is 9.80 Å². The van der Waals surface area contributed by atoms with Gasteiger partial charge in [-0.3, -0.25) is 9.69 Å². The first-order chi connectivity index (χ1) is 15.3. The van der Waals surface area contributed by atoms with Crippen molar-refractivity contribution in [1.29, 1.82) is 0 Å². The molecule has 1 aliphatic heterocycles. The van der Waals surface area contributed by atoms with E-state index in [1.54, 1.807) is 0 Å². The van der Waals surface area contributed by atoms with Crippen LogP contribution in [0.15, 0.2) is 0 Å². The SMILES string of the molecule is CC(C)(C)OC(=O)COCCOCCOCCOCCN1CCN(C(=O)CCCN)CC1. The summed E-state index contributed by atoms with van der Waals surface area (Å²) in [7, 11) is 0. The van der Waals surface area contributed by atoms with Crippen LogP contribution in [0.25, 0.3) is 0 Å². The molecule has 0 aliphatic carbocycles. The number of nitrogens with zero attached hydrogens (tertiary/aromatic N) is 2. The summed E-state index contributed by atoms with van der Waals surface area (Å²) in [6.45, 7) is 13.5. The summed E-state index contributed by atoms with van der Waals surface area (Å²) >= 11 is 0. The van der Waals surface area contributed by atoms with Gasteiger partial charge >= 0.3 is 5.97 Å². The summed E-state index contributed by atoms with van der Waals surface area (Å²) in [6, 6.07) is 0. The molecule has 10 nitrogen and oxygen atoms in total. The highest BCUT2D eigenvalue weighted by Gasteiger charge is 2.20. The molecule has 1 heterocycles. The van der Waals surface area contributed by atoms with E-state index >= 15 is 0 Å². The normalized spacial score (nSPS) is 15.2. The second kappa shape index (κ2) is 17.2. The van der Waals surface area contributed by atoms with Crippen molar-refractivity contribution in [2.24, 2.45) is 5.73 Å². The molecule has 0 aromatic rings. The molecule has 10 heteroatoms. The summed E-state index contributed by atoms with van der Waals surface area (Å²) in [6.07, 6.45) is 1.30. The Balaban J connectivity index is 1.83. The van der Waals surface area contributed by atoms with Crippen molar-refractivity contribution in [3.05, 3.63) is 0 Å². The van der Waals surface area contributed by atoms with Crippen LogP contribution in [0.4, 0.5) is 0 Å². The summed E-state index contributed by atoms with van der Waals surface area (Å²) in [5.74, 6) is -0.169. The Morgan fingerprint density at radius 1 is 0.812 bits per heavy atom. The lowest BCUT2D eigenvalue weighted by Gasteiger charge is -2.34. The van der Waals surface area contributed by atoms with Crippen LogP contribution in [0.2, 0.25) is 0 Å². The lowest BCUT2D eigenvalue weighted by atomic mass is 10.2. The van der Waals surface area contributed by atoms with Crippen LogP contribution in [0.1, 0.15) is 33.6 Å². The van der Waals surface area contributed by atoms with Crippen molar-refractivity contribution in [3.63, 3.8) is 0 Å². The van der Waals surface area contributed by atoms with Gasteiger partial charge in [0.2, 0.25) is 5.91 Å². The highest BCUT2D eigenvalue weighted by atomic mass is 16.6. The number of rotatable bonds is 17. The highest BCUT2D eigenvalue weighted by molar-refractivity contribution is 5.76. The van der Waals surface area contributed by atoms with Gasteiger partial charge in [-0.15, -0.1) is 0 Å². The fourth-order valence-electron chi connectivity index (χ4n) is 3.01. The number of ether oxygens (including phenoxy) is 5. The molecule has 1 amide bonds. The van der Waals surface area contributed by atoms with Gasteiger partial charge in [-0.25, -0.2) is 4.79 Å². The van der Waals surface area contributed by atoms with Crippen molar-refractivity contribution in [2.45, 2.75) is 39.2 Å². The Hall–Kier alpha value is -1.30. The first kappa shape index (κ1) is 28.7. The van der Waals surface area contributed by atoms with Gasteiger partial charge in [-0.1, -0.05) is 0 Å². The van der Waals surface area contributed by atoms with Crippen molar-refractivity contribution in [3.8, 4) is 0 Å². The summed E-state index contributed by atoms with van der Waals surface area (Å²) in [5.41, 5.74) is 4.96. The third kappa shape index (κ3) is 15.5. The second-order valence-electron chi connectivity index (χ2n) is 8.59. The molecule has 2 N–H and O–H groups in total. The first-order valence-electron chi connectivity index (χ1n) is 11.5. The topological polar surface area (TPSA) is 113 Å². The maximum atomic E-state index is 12.0. The molecule has 1 aliphatic rings.